The molecule has 1 atom stereocenters. The molecular formula is C17H30N2O4S. The van der Waals surface area contributed by atoms with Crippen LogP contribution in [-0.2, 0) is 14.6 Å². The maximum Gasteiger partial charge on any atom is 0.317 e. The van der Waals surface area contributed by atoms with Gasteiger partial charge in [0.25, 0.3) is 0 Å². The molecule has 2 saturated heterocycles. The van der Waals surface area contributed by atoms with Crippen LogP contribution in [-0.4, -0.2) is 61.7 Å². The number of urea groups is 1. The fraction of sp³-hybridized carbons (Fsp3) is 0.941. The van der Waals surface area contributed by atoms with Crippen LogP contribution >= 0.6 is 0 Å². The van der Waals surface area contributed by atoms with Crippen molar-refractivity contribution in [2.24, 2.45) is 5.92 Å². The third-order valence-corrected chi connectivity index (χ3v) is 8.75. The van der Waals surface area contributed by atoms with Gasteiger partial charge in [0, 0.05) is 26.2 Å². The molecule has 3 rings (SSSR count). The normalized spacial score (nSPS) is 31.1. The van der Waals surface area contributed by atoms with Gasteiger partial charge in [-0.25, -0.2) is 13.2 Å². The summed E-state index contributed by atoms with van der Waals surface area (Å²) in [5.74, 6) is 0.517. The molecule has 1 spiro atoms. The second-order valence-electron chi connectivity index (χ2n) is 8.25. The molecule has 0 aromatic rings. The highest BCUT2D eigenvalue weighted by atomic mass is 32.2. The number of carbonyl (C=O) groups is 1. The Balaban J connectivity index is 1.50. The smallest absolute Gasteiger partial charge is 0.317 e. The van der Waals surface area contributed by atoms with Crippen LogP contribution in [0.25, 0.3) is 0 Å². The van der Waals surface area contributed by atoms with Crippen molar-refractivity contribution in [3.8, 4) is 0 Å². The molecule has 2 aliphatic heterocycles. The minimum absolute atomic E-state index is 0.0494. The Morgan fingerprint density at radius 2 is 2.00 bits per heavy atom. The lowest BCUT2D eigenvalue weighted by molar-refractivity contribution is -0.142. The van der Waals surface area contributed by atoms with E-state index in [1.807, 2.05) is 0 Å². The third-order valence-electron chi connectivity index (χ3n) is 6.14. The fourth-order valence-electron chi connectivity index (χ4n) is 3.95. The van der Waals surface area contributed by atoms with E-state index in [9.17, 15) is 13.2 Å². The molecule has 3 aliphatic rings. The molecule has 24 heavy (non-hydrogen) atoms. The molecule has 1 unspecified atom stereocenters. The molecule has 138 valence electrons. The molecule has 1 saturated carbocycles. The summed E-state index contributed by atoms with van der Waals surface area (Å²) in [6.45, 7) is 5.74. The minimum atomic E-state index is -3.15. The third kappa shape index (κ3) is 3.57. The highest BCUT2D eigenvalue weighted by Crippen LogP contribution is 2.44. The molecule has 3 fully saturated rings. The predicted octanol–water partition coefficient (Wildman–Crippen LogP) is 1.94. The summed E-state index contributed by atoms with van der Waals surface area (Å²) in [5, 5.41) is 3.03. The molecule has 0 aromatic carbocycles. The topological polar surface area (TPSA) is 75.7 Å². The van der Waals surface area contributed by atoms with Gasteiger partial charge >= 0.3 is 6.03 Å². The molecule has 2 heterocycles. The average molecular weight is 359 g/mol. The lowest BCUT2D eigenvalue weighted by Gasteiger charge is -2.47. The first kappa shape index (κ1) is 18.0. The van der Waals surface area contributed by atoms with Crippen molar-refractivity contribution in [3.05, 3.63) is 0 Å². The van der Waals surface area contributed by atoms with Gasteiger partial charge in [0.2, 0.25) is 0 Å². The van der Waals surface area contributed by atoms with E-state index in [0.29, 0.717) is 25.4 Å². The van der Waals surface area contributed by atoms with Crippen LogP contribution in [0.4, 0.5) is 4.79 Å². The highest BCUT2D eigenvalue weighted by molar-refractivity contribution is 7.92. The van der Waals surface area contributed by atoms with Crippen molar-refractivity contribution in [3.63, 3.8) is 0 Å². The molecular weight excluding hydrogens is 328 g/mol. The maximum atomic E-state index is 12.4. The molecule has 1 N–H and O–H groups in total. The van der Waals surface area contributed by atoms with E-state index in [-0.39, 0.29) is 23.9 Å². The van der Waals surface area contributed by atoms with Crippen LogP contribution in [0.1, 0.15) is 52.4 Å². The summed E-state index contributed by atoms with van der Waals surface area (Å²) in [6.07, 6.45) is 6.06. The van der Waals surface area contributed by atoms with Crippen LogP contribution in [0.15, 0.2) is 0 Å². The van der Waals surface area contributed by atoms with E-state index in [0.717, 1.165) is 32.3 Å². The maximum absolute atomic E-state index is 12.4. The van der Waals surface area contributed by atoms with Crippen LogP contribution in [0.5, 0.6) is 0 Å². The SMILES string of the molecule is CC1(C)CCN(C(=O)NCC2CCOC3(CCC3)C2)CCS1(=O)=O. The van der Waals surface area contributed by atoms with E-state index in [1.54, 1.807) is 18.7 Å². The molecule has 7 heteroatoms. The number of nitrogens with zero attached hydrogens (tertiary/aromatic N) is 1. The van der Waals surface area contributed by atoms with E-state index in [2.05, 4.69) is 5.32 Å². The van der Waals surface area contributed by atoms with Crippen molar-refractivity contribution < 1.29 is 17.9 Å². The second kappa shape index (κ2) is 6.48. The Hall–Kier alpha value is -0.820. The van der Waals surface area contributed by atoms with E-state index in [1.165, 1.54) is 6.42 Å². The van der Waals surface area contributed by atoms with Crippen molar-refractivity contribution in [1.82, 2.24) is 10.2 Å². The van der Waals surface area contributed by atoms with Crippen LogP contribution in [0.2, 0.25) is 0 Å². The Labute approximate surface area is 145 Å². The fourth-order valence-corrected chi connectivity index (χ4v) is 5.36. The Bertz CT molecular complexity index is 583. The number of sulfone groups is 1. The summed E-state index contributed by atoms with van der Waals surface area (Å²) in [5.41, 5.74) is 0.0916. The molecule has 0 bridgehead atoms. The monoisotopic (exact) mass is 358 g/mol. The lowest BCUT2D eigenvalue weighted by Crippen LogP contribution is -2.49. The largest absolute Gasteiger partial charge is 0.375 e. The zero-order valence-electron chi connectivity index (χ0n) is 14.8. The van der Waals surface area contributed by atoms with Gasteiger partial charge in [-0.15, -0.1) is 0 Å². The van der Waals surface area contributed by atoms with Crippen molar-refractivity contribution in [2.45, 2.75) is 62.7 Å². The number of amides is 2. The number of rotatable bonds is 2. The summed E-state index contributed by atoms with van der Waals surface area (Å²) in [4.78, 5) is 14.1. The van der Waals surface area contributed by atoms with Gasteiger partial charge in [0.15, 0.2) is 9.84 Å². The average Bonchev–Trinajstić information content (AvgIpc) is 2.61. The summed E-state index contributed by atoms with van der Waals surface area (Å²) < 4.78 is 29.6. The Morgan fingerprint density at radius 3 is 2.67 bits per heavy atom. The second-order valence-corrected chi connectivity index (χ2v) is 11.0. The van der Waals surface area contributed by atoms with Crippen LogP contribution < -0.4 is 5.32 Å². The number of hydrogen-bond donors (Lipinski definition) is 1. The van der Waals surface area contributed by atoms with E-state index in [4.69, 9.17) is 4.74 Å². The van der Waals surface area contributed by atoms with E-state index >= 15 is 0 Å². The number of hydrogen-bond acceptors (Lipinski definition) is 4. The molecule has 0 radical (unpaired) electrons. The first-order valence-corrected chi connectivity index (χ1v) is 10.8. The number of nitrogens with one attached hydrogen (secondary N) is 1. The Morgan fingerprint density at radius 1 is 1.25 bits per heavy atom. The molecule has 1 aliphatic carbocycles. The van der Waals surface area contributed by atoms with Gasteiger partial charge < -0.3 is 15.0 Å². The Kier molecular flexibility index (Phi) is 4.86. The summed E-state index contributed by atoms with van der Waals surface area (Å²) in [7, 11) is -3.15. The summed E-state index contributed by atoms with van der Waals surface area (Å²) >= 11 is 0. The number of ether oxygens (including phenoxy) is 1. The van der Waals surface area contributed by atoms with Gasteiger partial charge in [0.1, 0.15) is 0 Å². The zero-order chi connectivity index (χ0) is 17.4. The first-order chi connectivity index (χ1) is 11.2. The number of carbonyl (C=O) groups excluding carboxylic acids is 1. The predicted molar refractivity (Wildman–Crippen MR) is 92.7 cm³/mol. The van der Waals surface area contributed by atoms with Crippen molar-refractivity contribution in [1.29, 1.82) is 0 Å². The van der Waals surface area contributed by atoms with Gasteiger partial charge in [-0.2, -0.15) is 0 Å². The minimum Gasteiger partial charge on any atom is -0.375 e. The van der Waals surface area contributed by atoms with E-state index < -0.39 is 14.6 Å². The van der Waals surface area contributed by atoms with Gasteiger partial charge in [0.05, 0.1) is 16.1 Å². The van der Waals surface area contributed by atoms with Crippen molar-refractivity contribution in [2.75, 3.05) is 32.0 Å². The van der Waals surface area contributed by atoms with Gasteiger partial charge in [-0.1, -0.05) is 0 Å². The van der Waals surface area contributed by atoms with Crippen molar-refractivity contribution >= 4 is 15.9 Å². The zero-order valence-corrected chi connectivity index (χ0v) is 15.7. The van der Waals surface area contributed by atoms with Crippen LogP contribution in [0, 0.1) is 5.92 Å². The molecule has 6 nitrogen and oxygen atoms in total. The molecule has 2 amide bonds. The molecule has 0 aromatic heterocycles. The van der Waals surface area contributed by atoms with Gasteiger partial charge in [-0.3, -0.25) is 0 Å². The quantitative estimate of drug-likeness (QED) is 0.818. The summed E-state index contributed by atoms with van der Waals surface area (Å²) in [6, 6.07) is -0.128. The van der Waals surface area contributed by atoms with Crippen LogP contribution in [0.3, 0.4) is 0 Å². The lowest BCUT2D eigenvalue weighted by atomic mass is 9.72. The van der Waals surface area contributed by atoms with Gasteiger partial charge in [-0.05, 0) is 58.3 Å². The standard InChI is InChI=1S/C17H30N2O4S/c1-16(2)7-8-19(9-11-24(16,21)22)15(20)18-13-14-4-10-23-17(12-14)5-3-6-17/h14H,3-13H2,1-2H3,(H,18,20). The first-order valence-electron chi connectivity index (χ1n) is 9.12. The highest BCUT2D eigenvalue weighted by Gasteiger charge is 2.42.